The molecule has 1 saturated heterocycles. The van der Waals surface area contributed by atoms with E-state index in [4.69, 9.17) is 16.0 Å². The number of carbonyl (C=O) groups excluding carboxylic acids is 1. The molecule has 1 amide bonds. The van der Waals surface area contributed by atoms with E-state index >= 15 is 0 Å². The van der Waals surface area contributed by atoms with Gasteiger partial charge in [-0.25, -0.2) is 0 Å². The van der Waals surface area contributed by atoms with Gasteiger partial charge in [-0.2, -0.15) is 0 Å². The van der Waals surface area contributed by atoms with Crippen LogP contribution in [0.4, 0.5) is 0 Å². The minimum atomic E-state index is -0.0741. The molecule has 100 valence electrons. The van der Waals surface area contributed by atoms with Crippen molar-refractivity contribution in [3.05, 3.63) is 23.1 Å². The van der Waals surface area contributed by atoms with E-state index in [1.807, 2.05) is 11.8 Å². The average molecular weight is 271 g/mol. The predicted molar refractivity (Wildman–Crippen MR) is 70.9 cm³/mol. The lowest BCUT2D eigenvalue weighted by atomic mass is 9.99. The van der Waals surface area contributed by atoms with Crippen LogP contribution < -0.4 is 5.32 Å². The summed E-state index contributed by atoms with van der Waals surface area (Å²) in [4.78, 5) is 14.0. The van der Waals surface area contributed by atoms with Crippen LogP contribution in [0.2, 0.25) is 5.22 Å². The molecule has 2 rings (SSSR count). The highest BCUT2D eigenvalue weighted by Gasteiger charge is 2.22. The van der Waals surface area contributed by atoms with E-state index in [1.165, 1.54) is 12.8 Å². The van der Waals surface area contributed by atoms with Crippen LogP contribution in [0.15, 0.2) is 16.5 Å². The zero-order valence-corrected chi connectivity index (χ0v) is 11.4. The first-order chi connectivity index (χ1) is 8.70. The third-order valence-corrected chi connectivity index (χ3v) is 3.53. The minimum Gasteiger partial charge on any atom is -0.440 e. The van der Waals surface area contributed by atoms with Gasteiger partial charge in [-0.15, -0.1) is 0 Å². The van der Waals surface area contributed by atoms with E-state index in [2.05, 4.69) is 5.32 Å². The first kappa shape index (κ1) is 13.4. The number of carbonyl (C=O) groups is 1. The molecule has 0 aliphatic carbocycles. The summed E-state index contributed by atoms with van der Waals surface area (Å²) < 4.78 is 5.18. The molecule has 1 atom stereocenters. The quantitative estimate of drug-likeness (QED) is 0.914. The molecular weight excluding hydrogens is 252 g/mol. The SMILES string of the molecule is CCN(CC1CCCNC1)C(=O)c1ccc(Cl)o1. The highest BCUT2D eigenvalue weighted by molar-refractivity contribution is 6.29. The molecule has 18 heavy (non-hydrogen) atoms. The second kappa shape index (κ2) is 6.25. The maximum Gasteiger partial charge on any atom is 0.289 e. The van der Waals surface area contributed by atoms with Gasteiger partial charge in [0.05, 0.1) is 0 Å². The van der Waals surface area contributed by atoms with E-state index in [0.717, 1.165) is 19.6 Å². The van der Waals surface area contributed by atoms with E-state index in [-0.39, 0.29) is 11.1 Å². The Bertz CT molecular complexity index is 399. The molecule has 1 unspecified atom stereocenters. The highest BCUT2D eigenvalue weighted by atomic mass is 35.5. The van der Waals surface area contributed by atoms with E-state index < -0.39 is 0 Å². The van der Waals surface area contributed by atoms with Gasteiger partial charge in [0.2, 0.25) is 0 Å². The van der Waals surface area contributed by atoms with Gasteiger partial charge < -0.3 is 14.6 Å². The Kier molecular flexibility index (Phi) is 4.66. The van der Waals surface area contributed by atoms with Gasteiger partial charge in [0, 0.05) is 13.1 Å². The lowest BCUT2D eigenvalue weighted by molar-refractivity contribution is 0.0697. The molecule has 5 heteroatoms. The van der Waals surface area contributed by atoms with Gasteiger partial charge in [-0.1, -0.05) is 0 Å². The molecule has 1 aliphatic heterocycles. The summed E-state index contributed by atoms with van der Waals surface area (Å²) in [6, 6.07) is 3.23. The van der Waals surface area contributed by atoms with Gasteiger partial charge in [0.15, 0.2) is 11.0 Å². The number of nitrogens with zero attached hydrogens (tertiary/aromatic N) is 1. The van der Waals surface area contributed by atoms with Crippen LogP contribution in [-0.4, -0.2) is 37.0 Å². The van der Waals surface area contributed by atoms with Crippen LogP contribution >= 0.6 is 11.6 Å². The Hall–Kier alpha value is -1.00. The van der Waals surface area contributed by atoms with Gasteiger partial charge in [-0.3, -0.25) is 4.79 Å². The number of halogens is 1. The number of amides is 1. The molecule has 0 radical (unpaired) electrons. The van der Waals surface area contributed by atoms with Crippen molar-refractivity contribution in [1.29, 1.82) is 0 Å². The standard InChI is InChI=1S/C13H19ClN2O2/c1-2-16(9-10-4-3-7-15-8-10)13(17)11-5-6-12(14)18-11/h5-6,10,15H,2-4,7-9H2,1H3. The maximum absolute atomic E-state index is 12.2. The van der Waals surface area contributed by atoms with E-state index in [1.54, 1.807) is 12.1 Å². The summed E-state index contributed by atoms with van der Waals surface area (Å²) in [5.41, 5.74) is 0. The minimum absolute atomic E-state index is 0.0741. The fourth-order valence-electron chi connectivity index (χ4n) is 2.33. The van der Waals surface area contributed by atoms with Crippen molar-refractivity contribution < 1.29 is 9.21 Å². The smallest absolute Gasteiger partial charge is 0.289 e. The Balaban J connectivity index is 1.97. The monoisotopic (exact) mass is 270 g/mol. The zero-order valence-electron chi connectivity index (χ0n) is 10.6. The van der Waals surface area contributed by atoms with E-state index in [0.29, 0.717) is 18.2 Å². The molecule has 1 aromatic rings. The number of nitrogens with one attached hydrogen (secondary N) is 1. The van der Waals surface area contributed by atoms with Gasteiger partial charge in [0.25, 0.3) is 5.91 Å². The normalized spacial score (nSPS) is 19.8. The molecular formula is C13H19ClN2O2. The van der Waals surface area contributed by atoms with Crippen LogP contribution in [-0.2, 0) is 0 Å². The Morgan fingerprint density at radius 1 is 1.61 bits per heavy atom. The van der Waals surface area contributed by atoms with Crippen molar-refractivity contribution >= 4 is 17.5 Å². The van der Waals surface area contributed by atoms with Crippen LogP contribution in [0.5, 0.6) is 0 Å². The molecule has 0 bridgehead atoms. The molecule has 0 aromatic carbocycles. The first-order valence-electron chi connectivity index (χ1n) is 6.46. The highest BCUT2D eigenvalue weighted by Crippen LogP contribution is 2.17. The fourth-order valence-corrected chi connectivity index (χ4v) is 2.48. The Labute approximate surface area is 112 Å². The summed E-state index contributed by atoms with van der Waals surface area (Å²) in [5, 5.41) is 3.62. The molecule has 0 saturated carbocycles. The fraction of sp³-hybridized carbons (Fsp3) is 0.615. The van der Waals surface area contributed by atoms with Crippen LogP contribution in [0, 0.1) is 5.92 Å². The topological polar surface area (TPSA) is 45.5 Å². The number of piperidine rings is 1. The van der Waals surface area contributed by atoms with Crippen molar-refractivity contribution in [3.8, 4) is 0 Å². The summed E-state index contributed by atoms with van der Waals surface area (Å²) in [5.74, 6) is 0.786. The van der Waals surface area contributed by atoms with Crippen molar-refractivity contribution in [1.82, 2.24) is 10.2 Å². The van der Waals surface area contributed by atoms with E-state index in [9.17, 15) is 4.79 Å². The second-order valence-corrected chi connectivity index (χ2v) is 5.03. The van der Waals surface area contributed by atoms with Crippen molar-refractivity contribution in [3.63, 3.8) is 0 Å². The third kappa shape index (κ3) is 3.27. The Morgan fingerprint density at radius 3 is 3.00 bits per heavy atom. The largest absolute Gasteiger partial charge is 0.440 e. The number of furan rings is 1. The second-order valence-electron chi connectivity index (χ2n) is 4.66. The zero-order chi connectivity index (χ0) is 13.0. The van der Waals surface area contributed by atoms with Crippen molar-refractivity contribution in [2.24, 2.45) is 5.92 Å². The summed E-state index contributed by atoms with van der Waals surface area (Å²) in [6.45, 7) is 5.53. The van der Waals surface area contributed by atoms with Crippen LogP contribution in [0.3, 0.4) is 0 Å². The number of rotatable bonds is 4. The molecule has 1 aliphatic rings. The number of hydrogen-bond donors (Lipinski definition) is 1. The lowest BCUT2D eigenvalue weighted by Gasteiger charge is -2.29. The first-order valence-corrected chi connectivity index (χ1v) is 6.84. The van der Waals surface area contributed by atoms with Gasteiger partial charge in [0.1, 0.15) is 0 Å². The van der Waals surface area contributed by atoms with Crippen LogP contribution in [0.1, 0.15) is 30.3 Å². The molecule has 4 nitrogen and oxygen atoms in total. The molecule has 1 N–H and O–H groups in total. The maximum atomic E-state index is 12.2. The van der Waals surface area contributed by atoms with Crippen molar-refractivity contribution in [2.45, 2.75) is 19.8 Å². The lowest BCUT2D eigenvalue weighted by Crippen LogP contribution is -2.40. The summed E-state index contributed by atoms with van der Waals surface area (Å²) in [6.07, 6.45) is 2.36. The number of hydrogen-bond acceptors (Lipinski definition) is 3. The van der Waals surface area contributed by atoms with Crippen LogP contribution in [0.25, 0.3) is 0 Å². The van der Waals surface area contributed by atoms with Gasteiger partial charge in [-0.05, 0) is 62.5 Å². The van der Waals surface area contributed by atoms with Gasteiger partial charge >= 0.3 is 0 Å². The molecule has 2 heterocycles. The average Bonchev–Trinajstić information content (AvgIpc) is 2.83. The third-order valence-electron chi connectivity index (χ3n) is 3.33. The molecule has 1 aromatic heterocycles. The predicted octanol–water partition coefficient (Wildman–Crippen LogP) is 2.39. The Morgan fingerprint density at radius 2 is 2.44 bits per heavy atom. The summed E-state index contributed by atoms with van der Waals surface area (Å²) >= 11 is 5.70. The molecule has 1 fully saturated rings. The summed E-state index contributed by atoms with van der Waals surface area (Å²) in [7, 11) is 0. The molecule has 0 spiro atoms. The van der Waals surface area contributed by atoms with Crippen molar-refractivity contribution in [2.75, 3.05) is 26.2 Å².